The molecule has 8 nitrogen and oxygen atoms in total. The largest absolute Gasteiger partial charge is 0.379 e. The zero-order valence-corrected chi connectivity index (χ0v) is 21.6. The number of piperidine rings is 1. The number of aromatic nitrogens is 3. The third-order valence-electron chi connectivity index (χ3n) is 7.71. The highest BCUT2D eigenvalue weighted by atomic mass is 16.5. The van der Waals surface area contributed by atoms with Gasteiger partial charge in [-0.1, -0.05) is 18.2 Å². The first-order valence-electron chi connectivity index (χ1n) is 13.6. The van der Waals surface area contributed by atoms with Crippen LogP contribution in [-0.4, -0.2) is 65.4 Å². The van der Waals surface area contributed by atoms with Crippen LogP contribution < -0.4 is 15.8 Å². The summed E-state index contributed by atoms with van der Waals surface area (Å²) in [7, 11) is 0. The van der Waals surface area contributed by atoms with E-state index in [2.05, 4.69) is 44.4 Å². The average Bonchev–Trinajstić information content (AvgIpc) is 2.98. The molecular weight excluding hydrogens is 476 g/mol. The Morgan fingerprint density at radius 3 is 2.39 bits per heavy atom. The van der Waals surface area contributed by atoms with E-state index in [-0.39, 0.29) is 5.56 Å². The second-order valence-corrected chi connectivity index (χ2v) is 10.2. The van der Waals surface area contributed by atoms with E-state index < -0.39 is 0 Å². The summed E-state index contributed by atoms with van der Waals surface area (Å²) in [6.45, 7) is 7.33. The van der Waals surface area contributed by atoms with Gasteiger partial charge in [0.2, 0.25) is 5.95 Å². The SMILES string of the molecule is O=c1ccc2cnc(Nc3ccc(N4CCC(CCN5CCOCC5)CC4)cc3)nc2n1-c1ccccc1. The van der Waals surface area contributed by atoms with Gasteiger partial charge < -0.3 is 15.0 Å². The van der Waals surface area contributed by atoms with E-state index in [1.807, 2.05) is 30.3 Å². The van der Waals surface area contributed by atoms with E-state index >= 15 is 0 Å². The minimum Gasteiger partial charge on any atom is -0.379 e. The second kappa shape index (κ2) is 11.3. The van der Waals surface area contributed by atoms with Gasteiger partial charge in [-0.3, -0.25) is 14.3 Å². The van der Waals surface area contributed by atoms with E-state index in [1.54, 1.807) is 22.9 Å². The zero-order chi connectivity index (χ0) is 25.7. The third kappa shape index (κ3) is 5.56. The number of rotatable bonds is 7. The first-order valence-corrected chi connectivity index (χ1v) is 13.6. The number of nitrogens with zero attached hydrogens (tertiary/aromatic N) is 5. The van der Waals surface area contributed by atoms with Gasteiger partial charge in [-0.2, -0.15) is 4.98 Å². The molecule has 2 saturated heterocycles. The van der Waals surface area contributed by atoms with Crippen LogP contribution in [-0.2, 0) is 4.74 Å². The molecule has 0 atom stereocenters. The molecule has 2 aliphatic rings. The quantitative estimate of drug-likeness (QED) is 0.393. The Labute approximate surface area is 222 Å². The number of hydrogen-bond acceptors (Lipinski definition) is 7. The highest BCUT2D eigenvalue weighted by Crippen LogP contribution is 2.27. The molecule has 2 aromatic carbocycles. The van der Waals surface area contributed by atoms with Crippen LogP contribution in [0.25, 0.3) is 16.7 Å². The van der Waals surface area contributed by atoms with Crippen molar-refractivity contribution in [2.75, 3.05) is 56.2 Å². The molecule has 0 bridgehead atoms. The molecule has 196 valence electrons. The van der Waals surface area contributed by atoms with E-state index in [4.69, 9.17) is 9.72 Å². The van der Waals surface area contributed by atoms with Gasteiger partial charge in [-0.05, 0) is 74.2 Å². The third-order valence-corrected chi connectivity index (χ3v) is 7.71. The minimum atomic E-state index is -0.123. The van der Waals surface area contributed by atoms with Crippen molar-refractivity contribution >= 4 is 28.4 Å². The van der Waals surface area contributed by atoms with Crippen molar-refractivity contribution in [3.63, 3.8) is 0 Å². The van der Waals surface area contributed by atoms with Gasteiger partial charge in [0.1, 0.15) is 0 Å². The number of morpholine rings is 1. The first-order chi connectivity index (χ1) is 18.7. The summed E-state index contributed by atoms with van der Waals surface area (Å²) in [6, 6.07) is 21.4. The summed E-state index contributed by atoms with van der Waals surface area (Å²) in [6.07, 6.45) is 5.54. The van der Waals surface area contributed by atoms with Gasteiger partial charge in [-0.15, -0.1) is 0 Å². The van der Waals surface area contributed by atoms with Gasteiger partial charge in [0, 0.05) is 55.2 Å². The molecule has 0 spiro atoms. The molecule has 8 heteroatoms. The molecule has 2 fully saturated rings. The molecule has 4 aromatic rings. The van der Waals surface area contributed by atoms with Crippen molar-refractivity contribution in [3.05, 3.63) is 83.3 Å². The molecule has 2 aliphatic heterocycles. The van der Waals surface area contributed by atoms with Crippen LogP contribution in [0.5, 0.6) is 0 Å². The summed E-state index contributed by atoms with van der Waals surface area (Å²) in [5.41, 5.74) is 3.40. The van der Waals surface area contributed by atoms with Crippen LogP contribution in [0.15, 0.2) is 77.7 Å². The lowest BCUT2D eigenvalue weighted by Gasteiger charge is -2.35. The van der Waals surface area contributed by atoms with Gasteiger partial charge >= 0.3 is 0 Å². The van der Waals surface area contributed by atoms with Crippen molar-refractivity contribution in [1.29, 1.82) is 0 Å². The van der Waals surface area contributed by atoms with E-state index in [0.717, 1.165) is 62.1 Å². The lowest BCUT2D eigenvalue weighted by molar-refractivity contribution is 0.0349. The Hall–Kier alpha value is -3.75. The van der Waals surface area contributed by atoms with Crippen LogP contribution >= 0.6 is 0 Å². The maximum Gasteiger partial charge on any atom is 0.256 e. The van der Waals surface area contributed by atoms with Crippen LogP contribution in [0.4, 0.5) is 17.3 Å². The van der Waals surface area contributed by atoms with Crippen LogP contribution in [0, 0.1) is 5.92 Å². The van der Waals surface area contributed by atoms with Crippen LogP contribution in [0.1, 0.15) is 19.3 Å². The number of ether oxygens (including phenoxy) is 1. The van der Waals surface area contributed by atoms with Crippen molar-refractivity contribution < 1.29 is 4.74 Å². The lowest BCUT2D eigenvalue weighted by Crippen LogP contribution is -2.39. The predicted molar refractivity (Wildman–Crippen MR) is 152 cm³/mol. The molecule has 0 unspecified atom stereocenters. The topological polar surface area (TPSA) is 75.5 Å². The molecule has 2 aromatic heterocycles. The van der Waals surface area contributed by atoms with Crippen LogP contribution in [0.2, 0.25) is 0 Å². The molecule has 1 N–H and O–H groups in total. The highest BCUT2D eigenvalue weighted by Gasteiger charge is 2.21. The smallest absolute Gasteiger partial charge is 0.256 e. The van der Waals surface area contributed by atoms with Gasteiger partial charge in [0.15, 0.2) is 5.65 Å². The number of anilines is 3. The fraction of sp³-hybridized carbons (Fsp3) is 0.367. The van der Waals surface area contributed by atoms with Crippen molar-refractivity contribution in [3.8, 4) is 5.69 Å². The standard InChI is InChI=1S/C30H34N6O2/c37-28-11-6-24-22-31-30(33-29(24)36(28)27-4-2-1-3-5-27)32-25-7-9-26(10-8-25)35-16-13-23(14-17-35)12-15-34-18-20-38-21-19-34/h1-11,22-23H,12-21H2,(H,31,32,33). The zero-order valence-electron chi connectivity index (χ0n) is 21.6. The maximum absolute atomic E-state index is 12.7. The molecule has 0 radical (unpaired) electrons. The Morgan fingerprint density at radius 1 is 0.868 bits per heavy atom. The monoisotopic (exact) mass is 510 g/mol. The molecule has 0 amide bonds. The van der Waals surface area contributed by atoms with Gasteiger partial charge in [0.25, 0.3) is 5.56 Å². The summed E-state index contributed by atoms with van der Waals surface area (Å²) in [4.78, 5) is 26.9. The van der Waals surface area contributed by atoms with Crippen molar-refractivity contribution in [2.45, 2.75) is 19.3 Å². The van der Waals surface area contributed by atoms with Crippen LogP contribution in [0.3, 0.4) is 0 Å². The summed E-state index contributed by atoms with van der Waals surface area (Å²) in [5.74, 6) is 1.27. The molecule has 6 rings (SSSR count). The van der Waals surface area contributed by atoms with E-state index in [0.29, 0.717) is 11.6 Å². The lowest BCUT2D eigenvalue weighted by atomic mass is 9.93. The predicted octanol–water partition coefficient (Wildman–Crippen LogP) is 4.46. The average molecular weight is 511 g/mol. The molecule has 38 heavy (non-hydrogen) atoms. The number of para-hydroxylation sites is 1. The van der Waals surface area contributed by atoms with Crippen molar-refractivity contribution in [2.24, 2.45) is 5.92 Å². The Kier molecular flexibility index (Phi) is 7.33. The molecule has 0 saturated carbocycles. The number of nitrogens with one attached hydrogen (secondary N) is 1. The first kappa shape index (κ1) is 24.6. The summed E-state index contributed by atoms with van der Waals surface area (Å²) >= 11 is 0. The van der Waals surface area contributed by atoms with E-state index in [1.165, 1.54) is 31.5 Å². The number of hydrogen-bond donors (Lipinski definition) is 1. The fourth-order valence-electron chi connectivity index (χ4n) is 5.46. The summed E-state index contributed by atoms with van der Waals surface area (Å²) in [5, 5.41) is 4.12. The van der Waals surface area contributed by atoms with Crippen molar-refractivity contribution in [1.82, 2.24) is 19.4 Å². The molecule has 4 heterocycles. The van der Waals surface area contributed by atoms with Gasteiger partial charge in [-0.25, -0.2) is 4.98 Å². The number of fused-ring (bicyclic) bond motifs is 1. The molecule has 0 aliphatic carbocycles. The number of benzene rings is 2. The second-order valence-electron chi connectivity index (χ2n) is 10.2. The molecular formula is C30H34N6O2. The van der Waals surface area contributed by atoms with Gasteiger partial charge in [0.05, 0.1) is 18.9 Å². The highest BCUT2D eigenvalue weighted by molar-refractivity contribution is 5.77. The normalized spacial score (nSPS) is 17.1. The van der Waals surface area contributed by atoms with E-state index in [9.17, 15) is 4.79 Å². The fourth-order valence-corrected chi connectivity index (χ4v) is 5.46. The summed E-state index contributed by atoms with van der Waals surface area (Å²) < 4.78 is 7.09. The minimum absolute atomic E-state index is 0.123. The Morgan fingerprint density at radius 2 is 1.63 bits per heavy atom. The maximum atomic E-state index is 12.7. The number of pyridine rings is 1. The Balaban J connectivity index is 1.09. The Bertz CT molecular complexity index is 1410.